The zero-order chi connectivity index (χ0) is 13.3. The molecule has 0 fully saturated rings. The number of rotatable bonds is 1. The van der Waals surface area contributed by atoms with Crippen LogP contribution in [-0.4, -0.2) is 19.5 Å². The Bertz CT molecular complexity index is 460. The quantitative estimate of drug-likeness (QED) is 0.826. The van der Waals surface area contributed by atoms with Crippen molar-refractivity contribution in [2.45, 2.75) is 33.6 Å². The van der Waals surface area contributed by atoms with Crippen molar-refractivity contribution in [3.8, 4) is 0 Å². The second-order valence-electron chi connectivity index (χ2n) is 5.90. The maximum absolute atomic E-state index is 12.4. The van der Waals surface area contributed by atoms with Crippen LogP contribution in [0.5, 0.6) is 0 Å². The summed E-state index contributed by atoms with van der Waals surface area (Å²) in [6.45, 7) is 6.77. The summed E-state index contributed by atoms with van der Waals surface area (Å²) in [5.41, 5.74) is 3.14. The number of carbonyl (C=O) groups is 1. The van der Waals surface area contributed by atoms with E-state index in [1.54, 1.807) is 0 Å². The second-order valence-corrected chi connectivity index (χ2v) is 5.90. The van der Waals surface area contributed by atoms with Gasteiger partial charge in [0, 0.05) is 30.4 Å². The molecule has 98 valence electrons. The summed E-state index contributed by atoms with van der Waals surface area (Å²) in [5, 5.41) is 3.15. The highest BCUT2D eigenvalue weighted by atomic mass is 16.2. The summed E-state index contributed by atoms with van der Waals surface area (Å²) in [6, 6.07) is 6.24. The van der Waals surface area contributed by atoms with Crippen molar-refractivity contribution in [1.82, 2.24) is 0 Å². The van der Waals surface area contributed by atoms with Crippen LogP contribution in [0.3, 0.4) is 0 Å². The standard InChI is InChI=1S/C15H22N2O/c1-15(2,3)14(18)17-9-5-6-11-10-12(16-4)7-8-13(11)17/h7-8,10,16H,5-6,9H2,1-4H3. The van der Waals surface area contributed by atoms with Gasteiger partial charge in [0.2, 0.25) is 5.91 Å². The third kappa shape index (κ3) is 2.35. The lowest BCUT2D eigenvalue weighted by atomic mass is 9.92. The number of carbonyl (C=O) groups excluding carboxylic acids is 1. The first-order chi connectivity index (χ1) is 8.43. The van der Waals surface area contributed by atoms with Gasteiger partial charge in [0.1, 0.15) is 0 Å². The van der Waals surface area contributed by atoms with E-state index in [0.717, 1.165) is 30.8 Å². The number of hydrogen-bond acceptors (Lipinski definition) is 2. The van der Waals surface area contributed by atoms with Crippen molar-refractivity contribution >= 4 is 17.3 Å². The maximum atomic E-state index is 12.4. The Labute approximate surface area is 109 Å². The highest BCUT2D eigenvalue weighted by molar-refractivity contribution is 5.98. The number of aryl methyl sites for hydroxylation is 1. The van der Waals surface area contributed by atoms with E-state index in [1.807, 2.05) is 38.8 Å². The highest BCUT2D eigenvalue weighted by Gasteiger charge is 2.30. The summed E-state index contributed by atoms with van der Waals surface area (Å²) in [7, 11) is 1.92. The Hall–Kier alpha value is -1.51. The van der Waals surface area contributed by atoms with Crippen LogP contribution in [0.25, 0.3) is 0 Å². The summed E-state index contributed by atoms with van der Waals surface area (Å²) in [5.74, 6) is 0.209. The Morgan fingerprint density at radius 1 is 1.33 bits per heavy atom. The monoisotopic (exact) mass is 246 g/mol. The van der Waals surface area contributed by atoms with E-state index in [0.29, 0.717) is 0 Å². The van der Waals surface area contributed by atoms with Crippen molar-refractivity contribution in [3.63, 3.8) is 0 Å². The molecular weight excluding hydrogens is 224 g/mol. The molecule has 1 aromatic carbocycles. The molecule has 0 unspecified atom stereocenters. The van der Waals surface area contributed by atoms with Gasteiger partial charge in [0.25, 0.3) is 0 Å². The molecule has 0 radical (unpaired) electrons. The Kier molecular flexibility index (Phi) is 3.33. The first-order valence-corrected chi connectivity index (χ1v) is 6.56. The lowest BCUT2D eigenvalue weighted by Crippen LogP contribution is -2.42. The fourth-order valence-corrected chi connectivity index (χ4v) is 2.37. The molecule has 0 saturated heterocycles. The molecule has 1 amide bonds. The van der Waals surface area contributed by atoms with E-state index in [1.165, 1.54) is 5.56 Å². The molecule has 18 heavy (non-hydrogen) atoms. The van der Waals surface area contributed by atoms with Gasteiger partial charge >= 0.3 is 0 Å². The van der Waals surface area contributed by atoms with Crippen LogP contribution in [0.1, 0.15) is 32.8 Å². The highest BCUT2D eigenvalue weighted by Crippen LogP contribution is 2.32. The summed E-state index contributed by atoms with van der Waals surface area (Å²) in [4.78, 5) is 14.4. The van der Waals surface area contributed by atoms with E-state index in [-0.39, 0.29) is 11.3 Å². The molecule has 0 atom stereocenters. The fourth-order valence-electron chi connectivity index (χ4n) is 2.37. The summed E-state index contributed by atoms with van der Waals surface area (Å²) < 4.78 is 0. The topological polar surface area (TPSA) is 32.3 Å². The van der Waals surface area contributed by atoms with Crippen LogP contribution in [0, 0.1) is 5.41 Å². The average molecular weight is 246 g/mol. The summed E-state index contributed by atoms with van der Waals surface area (Å²) in [6.07, 6.45) is 2.10. The second kappa shape index (κ2) is 4.63. The van der Waals surface area contributed by atoms with Gasteiger partial charge in [0.05, 0.1) is 0 Å². The van der Waals surface area contributed by atoms with E-state index in [4.69, 9.17) is 0 Å². The van der Waals surface area contributed by atoms with Crippen LogP contribution in [0.15, 0.2) is 18.2 Å². The number of fused-ring (bicyclic) bond motifs is 1. The van der Waals surface area contributed by atoms with Crippen molar-refractivity contribution < 1.29 is 4.79 Å². The average Bonchev–Trinajstić information content (AvgIpc) is 2.35. The van der Waals surface area contributed by atoms with Crippen LogP contribution in [0.2, 0.25) is 0 Å². The SMILES string of the molecule is CNc1ccc2c(c1)CCCN2C(=O)C(C)(C)C. The number of nitrogens with one attached hydrogen (secondary N) is 1. The number of benzene rings is 1. The molecule has 0 spiro atoms. The zero-order valence-electron chi connectivity index (χ0n) is 11.7. The van der Waals surface area contributed by atoms with Gasteiger partial charge in [-0.15, -0.1) is 0 Å². The molecule has 0 saturated carbocycles. The van der Waals surface area contributed by atoms with Gasteiger partial charge in [-0.3, -0.25) is 4.79 Å². The molecule has 2 rings (SSSR count). The Morgan fingerprint density at radius 3 is 2.67 bits per heavy atom. The largest absolute Gasteiger partial charge is 0.388 e. The van der Waals surface area contributed by atoms with E-state index >= 15 is 0 Å². The van der Waals surface area contributed by atoms with E-state index in [2.05, 4.69) is 17.4 Å². The van der Waals surface area contributed by atoms with Gasteiger partial charge in [-0.05, 0) is 36.6 Å². The molecule has 0 aliphatic carbocycles. The molecular formula is C15H22N2O. The third-order valence-corrected chi connectivity index (χ3v) is 3.37. The molecule has 1 N–H and O–H groups in total. The third-order valence-electron chi connectivity index (χ3n) is 3.37. The lowest BCUT2D eigenvalue weighted by Gasteiger charge is -2.34. The molecule has 0 bridgehead atoms. The Morgan fingerprint density at radius 2 is 2.06 bits per heavy atom. The van der Waals surface area contributed by atoms with Gasteiger partial charge in [-0.1, -0.05) is 20.8 Å². The normalized spacial score (nSPS) is 15.2. The molecule has 3 nitrogen and oxygen atoms in total. The maximum Gasteiger partial charge on any atom is 0.232 e. The van der Waals surface area contributed by atoms with Gasteiger partial charge < -0.3 is 10.2 Å². The van der Waals surface area contributed by atoms with Crippen molar-refractivity contribution in [2.24, 2.45) is 5.41 Å². The molecule has 3 heteroatoms. The molecule has 1 heterocycles. The molecule has 1 aromatic rings. The van der Waals surface area contributed by atoms with Crippen LogP contribution in [0.4, 0.5) is 11.4 Å². The zero-order valence-corrected chi connectivity index (χ0v) is 11.7. The van der Waals surface area contributed by atoms with Crippen LogP contribution < -0.4 is 10.2 Å². The molecule has 1 aliphatic heterocycles. The number of amides is 1. The first-order valence-electron chi connectivity index (χ1n) is 6.56. The van der Waals surface area contributed by atoms with Crippen molar-refractivity contribution in [3.05, 3.63) is 23.8 Å². The number of anilines is 2. The van der Waals surface area contributed by atoms with Gasteiger partial charge in [-0.25, -0.2) is 0 Å². The van der Waals surface area contributed by atoms with Gasteiger partial charge in [0.15, 0.2) is 0 Å². The minimum atomic E-state index is -0.323. The van der Waals surface area contributed by atoms with E-state index in [9.17, 15) is 4.79 Å². The smallest absolute Gasteiger partial charge is 0.232 e. The van der Waals surface area contributed by atoms with Gasteiger partial charge in [-0.2, -0.15) is 0 Å². The predicted molar refractivity (Wildman–Crippen MR) is 76.1 cm³/mol. The number of nitrogens with zero attached hydrogens (tertiary/aromatic N) is 1. The van der Waals surface area contributed by atoms with Crippen LogP contribution in [-0.2, 0) is 11.2 Å². The van der Waals surface area contributed by atoms with Crippen LogP contribution >= 0.6 is 0 Å². The lowest BCUT2D eigenvalue weighted by molar-refractivity contribution is -0.125. The first kappa shape index (κ1) is 12.9. The predicted octanol–water partition coefficient (Wildman–Crippen LogP) is 3.05. The molecule has 1 aliphatic rings. The fraction of sp³-hybridized carbons (Fsp3) is 0.533. The minimum absolute atomic E-state index is 0.209. The minimum Gasteiger partial charge on any atom is -0.388 e. The van der Waals surface area contributed by atoms with Crippen molar-refractivity contribution in [1.29, 1.82) is 0 Å². The Balaban J connectivity index is 2.37. The summed E-state index contributed by atoms with van der Waals surface area (Å²) >= 11 is 0. The van der Waals surface area contributed by atoms with E-state index < -0.39 is 0 Å². The molecule has 0 aromatic heterocycles. The van der Waals surface area contributed by atoms with Crippen molar-refractivity contribution in [2.75, 3.05) is 23.8 Å². The number of hydrogen-bond donors (Lipinski definition) is 1.